The number of carbonyl (C=O) groups excluding carboxylic acids is 1. The molecule has 0 aliphatic carbocycles. The molecular weight excluding hydrogens is 260 g/mol. The van der Waals surface area contributed by atoms with Crippen molar-refractivity contribution in [3.63, 3.8) is 0 Å². The summed E-state index contributed by atoms with van der Waals surface area (Å²) in [4.78, 5) is 12.2. The number of hydrogen-bond acceptors (Lipinski definition) is 2. The molecule has 2 aromatic carbocycles. The molecule has 0 spiro atoms. The molecule has 0 aliphatic heterocycles. The van der Waals surface area contributed by atoms with Gasteiger partial charge >= 0.3 is 0 Å². The average molecular weight is 282 g/mol. The second kappa shape index (κ2) is 6.55. The van der Waals surface area contributed by atoms with Gasteiger partial charge in [-0.2, -0.15) is 0 Å². The highest BCUT2D eigenvalue weighted by Crippen LogP contribution is 2.21. The lowest BCUT2D eigenvalue weighted by Crippen LogP contribution is -2.49. The van der Waals surface area contributed by atoms with Crippen molar-refractivity contribution in [3.05, 3.63) is 54.6 Å². The van der Waals surface area contributed by atoms with Gasteiger partial charge in [0.25, 0.3) is 0 Å². The van der Waals surface area contributed by atoms with Crippen LogP contribution in [0.15, 0.2) is 54.6 Å². The molecule has 0 fully saturated rings. The summed E-state index contributed by atoms with van der Waals surface area (Å²) in [5.74, 6) is -0.0307. The average Bonchev–Trinajstić information content (AvgIpc) is 2.49. The van der Waals surface area contributed by atoms with E-state index in [0.717, 1.165) is 17.8 Å². The molecule has 0 aliphatic rings. The van der Waals surface area contributed by atoms with Gasteiger partial charge < -0.3 is 10.6 Å². The summed E-state index contributed by atoms with van der Waals surface area (Å²) < 4.78 is 0. The van der Waals surface area contributed by atoms with Crippen molar-refractivity contribution in [3.8, 4) is 11.1 Å². The number of carbonyl (C=O) groups is 1. The second-order valence-corrected chi connectivity index (χ2v) is 5.55. The van der Waals surface area contributed by atoms with Crippen molar-refractivity contribution in [2.24, 2.45) is 0 Å². The van der Waals surface area contributed by atoms with Crippen molar-refractivity contribution in [2.45, 2.75) is 26.3 Å². The topological polar surface area (TPSA) is 41.1 Å². The van der Waals surface area contributed by atoms with E-state index in [-0.39, 0.29) is 5.91 Å². The van der Waals surface area contributed by atoms with Gasteiger partial charge in [-0.25, -0.2) is 0 Å². The van der Waals surface area contributed by atoms with Gasteiger partial charge in [0.05, 0.1) is 5.54 Å². The number of amides is 1. The van der Waals surface area contributed by atoms with Crippen LogP contribution >= 0.6 is 0 Å². The fourth-order valence-electron chi connectivity index (χ4n) is 2.19. The summed E-state index contributed by atoms with van der Waals surface area (Å²) in [6.07, 6.45) is 0. The van der Waals surface area contributed by atoms with Crippen molar-refractivity contribution in [1.29, 1.82) is 0 Å². The van der Waals surface area contributed by atoms with E-state index in [0.29, 0.717) is 0 Å². The third-order valence-electron chi connectivity index (χ3n) is 3.44. The van der Waals surface area contributed by atoms with Crippen LogP contribution in [0.5, 0.6) is 0 Å². The minimum atomic E-state index is -0.577. The van der Waals surface area contributed by atoms with Crippen LogP contribution in [0.1, 0.15) is 20.8 Å². The Bertz CT molecular complexity index is 588. The Morgan fingerprint density at radius 1 is 0.952 bits per heavy atom. The molecule has 3 heteroatoms. The number of nitrogens with one attached hydrogen (secondary N) is 2. The van der Waals surface area contributed by atoms with Crippen molar-refractivity contribution in [1.82, 2.24) is 5.32 Å². The molecule has 0 atom stereocenters. The van der Waals surface area contributed by atoms with Crippen LogP contribution in [0.4, 0.5) is 5.69 Å². The zero-order valence-electron chi connectivity index (χ0n) is 12.8. The van der Waals surface area contributed by atoms with E-state index < -0.39 is 5.54 Å². The molecule has 0 heterocycles. The normalized spacial score (nSPS) is 11.2. The Kier molecular flexibility index (Phi) is 4.76. The molecule has 0 aromatic heterocycles. The van der Waals surface area contributed by atoms with E-state index in [9.17, 15) is 4.79 Å². The molecule has 0 unspecified atom stereocenters. The van der Waals surface area contributed by atoms with E-state index in [4.69, 9.17) is 0 Å². The molecule has 2 N–H and O–H groups in total. The summed E-state index contributed by atoms with van der Waals surface area (Å²) in [5, 5.41) is 6.11. The lowest BCUT2D eigenvalue weighted by atomic mass is 10.0. The molecule has 2 rings (SSSR count). The largest absolute Gasteiger partial charge is 0.325 e. The first-order chi connectivity index (χ1) is 10.0. The lowest BCUT2D eigenvalue weighted by molar-refractivity contribution is -0.121. The van der Waals surface area contributed by atoms with Crippen molar-refractivity contribution in [2.75, 3.05) is 11.9 Å². The van der Waals surface area contributed by atoms with Gasteiger partial charge in [-0.15, -0.1) is 0 Å². The summed E-state index contributed by atoms with van der Waals surface area (Å²) in [7, 11) is 0. The maximum Gasteiger partial charge on any atom is 0.244 e. The summed E-state index contributed by atoms with van der Waals surface area (Å²) in [6, 6.07) is 18.1. The third kappa shape index (κ3) is 3.92. The summed E-state index contributed by atoms with van der Waals surface area (Å²) >= 11 is 0. The van der Waals surface area contributed by atoms with Crippen LogP contribution in [0.2, 0.25) is 0 Å². The molecule has 0 saturated heterocycles. The Morgan fingerprint density at radius 3 is 2.10 bits per heavy atom. The number of likely N-dealkylation sites (N-methyl/N-ethyl adjacent to an activating group) is 1. The summed E-state index contributed by atoms with van der Waals surface area (Å²) in [6.45, 7) is 6.51. The van der Waals surface area contributed by atoms with Gasteiger partial charge in [0.2, 0.25) is 5.91 Å². The molecule has 0 saturated carbocycles. The van der Waals surface area contributed by atoms with Crippen LogP contribution in [-0.4, -0.2) is 18.0 Å². The highest BCUT2D eigenvalue weighted by atomic mass is 16.2. The highest BCUT2D eigenvalue weighted by Gasteiger charge is 2.25. The zero-order chi connectivity index (χ0) is 15.3. The van der Waals surface area contributed by atoms with E-state index in [1.165, 1.54) is 5.56 Å². The SMILES string of the molecule is CCNC(C)(C)C(=O)Nc1ccc(-c2ccccc2)cc1. The van der Waals surface area contributed by atoms with Crippen LogP contribution < -0.4 is 10.6 Å². The van der Waals surface area contributed by atoms with E-state index in [1.807, 2.05) is 63.2 Å². The second-order valence-electron chi connectivity index (χ2n) is 5.55. The molecule has 2 aromatic rings. The maximum atomic E-state index is 12.2. The molecule has 0 radical (unpaired) electrons. The molecule has 0 bridgehead atoms. The Morgan fingerprint density at radius 2 is 1.52 bits per heavy atom. The fourth-order valence-corrected chi connectivity index (χ4v) is 2.19. The standard InChI is InChI=1S/C18H22N2O/c1-4-19-18(2,3)17(21)20-16-12-10-15(11-13-16)14-8-6-5-7-9-14/h5-13,19H,4H2,1-3H3,(H,20,21). The van der Waals surface area contributed by atoms with Gasteiger partial charge in [0, 0.05) is 5.69 Å². The quantitative estimate of drug-likeness (QED) is 0.878. The lowest BCUT2D eigenvalue weighted by Gasteiger charge is -2.24. The van der Waals surface area contributed by atoms with Crippen LogP contribution in [0.25, 0.3) is 11.1 Å². The zero-order valence-corrected chi connectivity index (χ0v) is 12.8. The maximum absolute atomic E-state index is 12.2. The number of anilines is 1. The molecule has 21 heavy (non-hydrogen) atoms. The molecular formula is C18H22N2O. The minimum absolute atomic E-state index is 0.0307. The van der Waals surface area contributed by atoms with E-state index >= 15 is 0 Å². The van der Waals surface area contributed by atoms with E-state index in [1.54, 1.807) is 0 Å². The monoisotopic (exact) mass is 282 g/mol. The van der Waals surface area contributed by atoms with Crippen molar-refractivity contribution < 1.29 is 4.79 Å². The Balaban J connectivity index is 2.08. The van der Waals surface area contributed by atoms with Crippen LogP contribution in [0.3, 0.4) is 0 Å². The van der Waals surface area contributed by atoms with Gasteiger partial charge in [-0.05, 0) is 43.7 Å². The fraction of sp³-hybridized carbons (Fsp3) is 0.278. The third-order valence-corrected chi connectivity index (χ3v) is 3.44. The molecule has 110 valence electrons. The number of benzene rings is 2. The van der Waals surface area contributed by atoms with Gasteiger partial charge in [-0.3, -0.25) is 4.79 Å². The van der Waals surface area contributed by atoms with Crippen LogP contribution in [0, 0.1) is 0 Å². The van der Waals surface area contributed by atoms with Gasteiger partial charge in [0.1, 0.15) is 0 Å². The van der Waals surface area contributed by atoms with Crippen LogP contribution in [-0.2, 0) is 4.79 Å². The first-order valence-electron chi connectivity index (χ1n) is 7.25. The molecule has 1 amide bonds. The predicted octanol–water partition coefficient (Wildman–Crippen LogP) is 3.68. The molecule has 3 nitrogen and oxygen atoms in total. The van der Waals surface area contributed by atoms with E-state index in [2.05, 4.69) is 22.8 Å². The number of rotatable bonds is 5. The summed E-state index contributed by atoms with van der Waals surface area (Å²) in [5.41, 5.74) is 2.54. The minimum Gasteiger partial charge on any atom is -0.325 e. The highest BCUT2D eigenvalue weighted by molar-refractivity contribution is 5.97. The number of hydrogen-bond donors (Lipinski definition) is 2. The van der Waals surface area contributed by atoms with Gasteiger partial charge in [-0.1, -0.05) is 49.4 Å². The Hall–Kier alpha value is -2.13. The van der Waals surface area contributed by atoms with Gasteiger partial charge in [0.15, 0.2) is 0 Å². The predicted molar refractivity (Wildman–Crippen MR) is 88.3 cm³/mol. The van der Waals surface area contributed by atoms with Crippen molar-refractivity contribution >= 4 is 11.6 Å². The smallest absolute Gasteiger partial charge is 0.244 e. The first-order valence-corrected chi connectivity index (χ1v) is 7.25. The Labute approximate surface area is 126 Å². The first kappa shape index (κ1) is 15.3.